The number of fused-ring (bicyclic) bond motifs is 1. The Kier molecular flexibility index (Phi) is 5.39. The van der Waals surface area contributed by atoms with Crippen LogP contribution in [0.3, 0.4) is 0 Å². The number of nitro benzene ring substituents is 1. The molecule has 0 spiro atoms. The normalized spacial score (nSPS) is 11.8. The van der Waals surface area contributed by atoms with E-state index in [-0.39, 0.29) is 17.0 Å². The first kappa shape index (κ1) is 19.8. The van der Waals surface area contributed by atoms with Gasteiger partial charge < -0.3 is 10.1 Å². The molecule has 31 heavy (non-hydrogen) atoms. The third kappa shape index (κ3) is 4.56. The van der Waals surface area contributed by atoms with Gasteiger partial charge >= 0.3 is 0 Å². The smallest absolute Gasteiger partial charge is 0.270 e. The number of para-hydroxylation sites is 2. The number of amidine groups is 1. The van der Waals surface area contributed by atoms with Crippen LogP contribution in [-0.2, 0) is 0 Å². The number of hydrogen-bond acceptors (Lipinski definition) is 6. The highest BCUT2D eigenvalue weighted by molar-refractivity contribution is 6.00. The number of rotatable bonds is 5. The van der Waals surface area contributed by atoms with E-state index >= 15 is 0 Å². The molecule has 0 amide bonds. The van der Waals surface area contributed by atoms with Crippen molar-refractivity contribution in [1.82, 2.24) is 15.4 Å². The van der Waals surface area contributed by atoms with E-state index in [0.29, 0.717) is 17.3 Å². The van der Waals surface area contributed by atoms with Crippen molar-refractivity contribution in [2.75, 3.05) is 0 Å². The highest BCUT2D eigenvalue weighted by Gasteiger charge is 2.10. The van der Waals surface area contributed by atoms with Crippen molar-refractivity contribution in [2.24, 2.45) is 10.1 Å². The summed E-state index contributed by atoms with van der Waals surface area (Å²) >= 11 is 0. The summed E-state index contributed by atoms with van der Waals surface area (Å²) in [5, 5.41) is 27.0. The van der Waals surface area contributed by atoms with Crippen molar-refractivity contribution in [3.8, 4) is 5.75 Å². The molecule has 0 aliphatic heterocycles. The summed E-state index contributed by atoms with van der Waals surface area (Å²) in [6, 6.07) is 18.6. The lowest BCUT2D eigenvalue weighted by atomic mass is 10.2. The lowest BCUT2D eigenvalue weighted by Crippen LogP contribution is -2.20. The van der Waals surface area contributed by atoms with Crippen LogP contribution in [0, 0.1) is 17.0 Å². The molecule has 0 unspecified atom stereocenters. The van der Waals surface area contributed by atoms with Gasteiger partial charge in [-0.15, -0.1) is 0 Å². The zero-order valence-corrected chi connectivity index (χ0v) is 16.4. The maximum absolute atomic E-state index is 12.0. The molecule has 0 bridgehead atoms. The molecule has 1 aromatic heterocycles. The van der Waals surface area contributed by atoms with E-state index in [1.807, 2.05) is 55.5 Å². The van der Waals surface area contributed by atoms with Gasteiger partial charge in [0.05, 0.1) is 27.9 Å². The monoisotopic (exact) mass is 413 g/mol. The Hall–Kier alpha value is -4.53. The second-order valence-electron chi connectivity index (χ2n) is 6.75. The van der Waals surface area contributed by atoms with Crippen molar-refractivity contribution < 1.29 is 10.0 Å². The van der Waals surface area contributed by atoms with Gasteiger partial charge in [0.1, 0.15) is 0 Å². The zero-order chi connectivity index (χ0) is 21.8. The molecular formula is C22H17N6O3-. The summed E-state index contributed by atoms with van der Waals surface area (Å²) in [5.74, 6) is 0.409. The summed E-state index contributed by atoms with van der Waals surface area (Å²) in [5.41, 5.74) is 6.08. The van der Waals surface area contributed by atoms with Gasteiger partial charge in [-0.2, -0.15) is 5.10 Å². The van der Waals surface area contributed by atoms with Gasteiger partial charge in [-0.3, -0.25) is 15.5 Å². The number of aromatic nitrogens is 2. The Morgan fingerprint density at radius 1 is 1.13 bits per heavy atom. The first-order valence-electron chi connectivity index (χ1n) is 9.34. The van der Waals surface area contributed by atoms with Crippen molar-refractivity contribution in [1.29, 1.82) is 0 Å². The number of aliphatic imine (C=N–C) groups is 1. The first-order chi connectivity index (χ1) is 15.0. The van der Waals surface area contributed by atoms with E-state index in [4.69, 9.17) is 0 Å². The Bertz CT molecular complexity index is 1280. The van der Waals surface area contributed by atoms with Crippen LogP contribution in [-0.4, -0.2) is 26.9 Å². The van der Waals surface area contributed by atoms with E-state index in [1.54, 1.807) is 0 Å². The molecule has 4 aromatic rings. The second kappa shape index (κ2) is 8.46. The van der Waals surface area contributed by atoms with Crippen LogP contribution in [0.2, 0.25) is 0 Å². The SMILES string of the molecule is Cc1ccc(N=C(N/N=C\c2cc([N+](=O)[O-])ccc2[O-])c2nc3ccccc3[nH]2)cc1. The van der Waals surface area contributed by atoms with Gasteiger partial charge in [0.25, 0.3) is 5.69 Å². The highest BCUT2D eigenvalue weighted by Crippen LogP contribution is 2.19. The van der Waals surface area contributed by atoms with Crippen molar-refractivity contribution in [2.45, 2.75) is 6.92 Å². The molecule has 0 atom stereocenters. The number of nitrogens with zero attached hydrogens (tertiary/aromatic N) is 4. The van der Waals surface area contributed by atoms with Crippen LogP contribution in [0.1, 0.15) is 17.0 Å². The third-order valence-electron chi connectivity index (χ3n) is 4.47. The van der Waals surface area contributed by atoms with Gasteiger partial charge in [0.2, 0.25) is 0 Å². The van der Waals surface area contributed by atoms with E-state index in [9.17, 15) is 15.2 Å². The van der Waals surface area contributed by atoms with Crippen LogP contribution < -0.4 is 10.5 Å². The number of hydrazone groups is 1. The molecule has 0 aliphatic rings. The molecule has 0 saturated carbocycles. The van der Waals surface area contributed by atoms with Crippen molar-refractivity contribution in [3.05, 3.63) is 93.8 Å². The number of benzene rings is 3. The largest absolute Gasteiger partial charge is 0.872 e. The van der Waals surface area contributed by atoms with Gasteiger partial charge in [-0.05, 0) is 36.8 Å². The minimum absolute atomic E-state index is 0.0843. The van der Waals surface area contributed by atoms with E-state index in [0.717, 1.165) is 28.7 Å². The molecule has 4 rings (SSSR count). The molecule has 3 aromatic carbocycles. The van der Waals surface area contributed by atoms with E-state index < -0.39 is 4.92 Å². The number of non-ortho nitro benzene ring substituents is 1. The number of nitrogens with one attached hydrogen (secondary N) is 2. The predicted molar refractivity (Wildman–Crippen MR) is 117 cm³/mol. The number of aryl methyl sites for hydroxylation is 1. The predicted octanol–water partition coefficient (Wildman–Crippen LogP) is 3.56. The maximum Gasteiger partial charge on any atom is 0.270 e. The van der Waals surface area contributed by atoms with Crippen LogP contribution in [0.4, 0.5) is 11.4 Å². The summed E-state index contributed by atoms with van der Waals surface area (Å²) in [6.45, 7) is 1.98. The van der Waals surface area contributed by atoms with Gasteiger partial charge in [0.15, 0.2) is 11.7 Å². The second-order valence-corrected chi connectivity index (χ2v) is 6.75. The molecule has 0 saturated heterocycles. The fourth-order valence-corrected chi connectivity index (χ4v) is 2.86. The Balaban J connectivity index is 1.68. The van der Waals surface area contributed by atoms with Gasteiger partial charge in [-0.1, -0.05) is 41.6 Å². The minimum atomic E-state index is -0.567. The molecular weight excluding hydrogens is 396 g/mol. The average Bonchev–Trinajstić information content (AvgIpc) is 3.20. The molecule has 1 heterocycles. The van der Waals surface area contributed by atoms with Crippen LogP contribution in [0.5, 0.6) is 5.75 Å². The Morgan fingerprint density at radius 3 is 2.65 bits per heavy atom. The summed E-state index contributed by atoms with van der Waals surface area (Å²) < 4.78 is 0. The van der Waals surface area contributed by atoms with E-state index in [2.05, 4.69) is 25.5 Å². The van der Waals surface area contributed by atoms with Crippen molar-refractivity contribution >= 4 is 34.5 Å². The number of imidazole rings is 1. The van der Waals surface area contributed by atoms with Gasteiger partial charge in [0, 0.05) is 12.1 Å². The van der Waals surface area contributed by atoms with Crippen LogP contribution >= 0.6 is 0 Å². The number of nitro groups is 1. The van der Waals surface area contributed by atoms with Crippen molar-refractivity contribution in [3.63, 3.8) is 0 Å². The molecule has 0 radical (unpaired) electrons. The molecule has 0 fully saturated rings. The molecule has 2 N–H and O–H groups in total. The van der Waals surface area contributed by atoms with Crippen LogP contribution in [0.25, 0.3) is 11.0 Å². The fraction of sp³-hybridized carbons (Fsp3) is 0.0455. The highest BCUT2D eigenvalue weighted by atomic mass is 16.6. The number of H-pyrrole nitrogens is 1. The summed E-state index contributed by atoms with van der Waals surface area (Å²) in [4.78, 5) is 22.7. The molecule has 9 nitrogen and oxygen atoms in total. The van der Waals surface area contributed by atoms with Crippen LogP contribution in [0.15, 0.2) is 76.8 Å². The first-order valence-corrected chi connectivity index (χ1v) is 9.34. The standard InChI is InChI=1S/C22H18N6O3/c1-14-6-8-16(9-7-14)24-22(21-25-18-4-2-3-5-19(18)26-21)27-23-13-15-12-17(28(30)31)10-11-20(15)29/h2-13,29H,1H3,(H,24,27)(H,25,26)/p-1/b23-13-. The lowest BCUT2D eigenvalue weighted by Gasteiger charge is -2.09. The fourth-order valence-electron chi connectivity index (χ4n) is 2.86. The Morgan fingerprint density at radius 2 is 1.90 bits per heavy atom. The van der Waals surface area contributed by atoms with E-state index in [1.165, 1.54) is 12.3 Å². The minimum Gasteiger partial charge on any atom is -0.872 e. The Labute approximate surface area is 177 Å². The molecule has 0 aliphatic carbocycles. The lowest BCUT2D eigenvalue weighted by molar-refractivity contribution is -0.385. The third-order valence-corrected chi connectivity index (χ3v) is 4.47. The molecule has 154 valence electrons. The summed E-state index contributed by atoms with van der Waals surface area (Å²) in [6.07, 6.45) is 1.22. The summed E-state index contributed by atoms with van der Waals surface area (Å²) in [7, 11) is 0. The topological polar surface area (TPSA) is 132 Å². The number of aromatic amines is 1. The quantitative estimate of drug-likeness (QED) is 0.223. The zero-order valence-electron chi connectivity index (χ0n) is 16.4. The number of hydrogen-bond donors (Lipinski definition) is 2. The maximum atomic E-state index is 12.0. The average molecular weight is 413 g/mol. The molecule has 9 heteroatoms. The van der Waals surface area contributed by atoms with Gasteiger partial charge in [-0.25, -0.2) is 9.98 Å².